The molecule has 1 aliphatic rings. The molecule has 3 aromatic rings. The summed E-state index contributed by atoms with van der Waals surface area (Å²) in [7, 11) is 0. The Morgan fingerprint density at radius 3 is 2.96 bits per heavy atom. The summed E-state index contributed by atoms with van der Waals surface area (Å²) in [5.41, 5.74) is 2.85. The molecule has 4 rings (SSSR count). The van der Waals surface area contributed by atoms with E-state index in [-0.39, 0.29) is 11.8 Å². The summed E-state index contributed by atoms with van der Waals surface area (Å²) in [6, 6.07) is 11.9. The fourth-order valence-corrected chi connectivity index (χ4v) is 3.54. The van der Waals surface area contributed by atoms with E-state index in [9.17, 15) is 4.79 Å². The Labute approximate surface area is 159 Å². The molecule has 140 valence electrons. The Morgan fingerprint density at radius 1 is 1.26 bits per heavy atom. The molecule has 27 heavy (non-hydrogen) atoms. The molecule has 6 nitrogen and oxygen atoms in total. The molecule has 1 aliphatic heterocycles. The highest BCUT2D eigenvalue weighted by Gasteiger charge is 2.18. The SMILES string of the molecule is CC(CCN1CCCC1)C(=O)Nc1cc(-c2ccc3ncccc3c2)[nH]n1. The van der Waals surface area contributed by atoms with E-state index in [2.05, 4.69) is 31.5 Å². The number of pyridine rings is 1. The van der Waals surface area contributed by atoms with E-state index in [0.717, 1.165) is 35.1 Å². The number of H-pyrrole nitrogens is 1. The molecule has 1 saturated heterocycles. The van der Waals surface area contributed by atoms with Gasteiger partial charge in [-0.05, 0) is 57.1 Å². The molecule has 0 spiro atoms. The lowest BCUT2D eigenvalue weighted by Gasteiger charge is -2.17. The van der Waals surface area contributed by atoms with E-state index in [0.29, 0.717) is 5.82 Å². The molecule has 0 bridgehead atoms. The van der Waals surface area contributed by atoms with Crippen LogP contribution in [0.25, 0.3) is 22.2 Å². The van der Waals surface area contributed by atoms with Crippen LogP contribution in [0.15, 0.2) is 42.6 Å². The normalized spacial score (nSPS) is 15.9. The third kappa shape index (κ3) is 4.17. The van der Waals surface area contributed by atoms with Gasteiger partial charge in [0.1, 0.15) is 0 Å². The minimum Gasteiger partial charge on any atom is -0.309 e. The average molecular weight is 363 g/mol. The number of aromatic amines is 1. The van der Waals surface area contributed by atoms with Gasteiger partial charge in [0.25, 0.3) is 0 Å². The second-order valence-electron chi connectivity index (χ2n) is 7.31. The summed E-state index contributed by atoms with van der Waals surface area (Å²) in [4.78, 5) is 19.2. The number of amides is 1. The van der Waals surface area contributed by atoms with Gasteiger partial charge in [0.15, 0.2) is 5.82 Å². The van der Waals surface area contributed by atoms with Crippen LogP contribution in [0.3, 0.4) is 0 Å². The molecule has 0 aliphatic carbocycles. The van der Waals surface area contributed by atoms with Crippen molar-refractivity contribution in [1.82, 2.24) is 20.1 Å². The van der Waals surface area contributed by atoms with Gasteiger partial charge in [-0.3, -0.25) is 14.9 Å². The lowest BCUT2D eigenvalue weighted by Crippen LogP contribution is -2.27. The Morgan fingerprint density at radius 2 is 2.11 bits per heavy atom. The number of hydrogen-bond donors (Lipinski definition) is 2. The molecule has 6 heteroatoms. The summed E-state index contributed by atoms with van der Waals surface area (Å²) >= 11 is 0. The van der Waals surface area contributed by atoms with Gasteiger partial charge in [-0.2, -0.15) is 5.10 Å². The van der Waals surface area contributed by atoms with Crippen molar-refractivity contribution in [1.29, 1.82) is 0 Å². The first-order valence-corrected chi connectivity index (χ1v) is 9.63. The molecule has 1 aromatic carbocycles. The molecule has 0 radical (unpaired) electrons. The zero-order chi connectivity index (χ0) is 18.6. The molecule has 2 N–H and O–H groups in total. The van der Waals surface area contributed by atoms with E-state index >= 15 is 0 Å². The van der Waals surface area contributed by atoms with Gasteiger partial charge in [-0.15, -0.1) is 0 Å². The van der Waals surface area contributed by atoms with Crippen molar-refractivity contribution in [3.8, 4) is 11.3 Å². The van der Waals surface area contributed by atoms with Crippen LogP contribution in [-0.4, -0.2) is 45.6 Å². The average Bonchev–Trinajstić information content (AvgIpc) is 3.37. The first-order chi connectivity index (χ1) is 13.2. The summed E-state index contributed by atoms with van der Waals surface area (Å²) < 4.78 is 0. The number of carbonyl (C=O) groups is 1. The number of hydrogen-bond acceptors (Lipinski definition) is 4. The Hall–Kier alpha value is -2.73. The number of nitrogens with zero attached hydrogens (tertiary/aromatic N) is 3. The molecule has 1 unspecified atom stereocenters. The Balaban J connectivity index is 1.38. The summed E-state index contributed by atoms with van der Waals surface area (Å²) in [6.07, 6.45) is 5.22. The van der Waals surface area contributed by atoms with Gasteiger partial charge in [0.2, 0.25) is 5.91 Å². The van der Waals surface area contributed by atoms with Crippen molar-refractivity contribution in [3.63, 3.8) is 0 Å². The van der Waals surface area contributed by atoms with Crippen LogP contribution in [-0.2, 0) is 4.79 Å². The second-order valence-corrected chi connectivity index (χ2v) is 7.31. The van der Waals surface area contributed by atoms with Crippen molar-refractivity contribution in [2.24, 2.45) is 5.92 Å². The van der Waals surface area contributed by atoms with Gasteiger partial charge in [-0.25, -0.2) is 0 Å². The van der Waals surface area contributed by atoms with Crippen LogP contribution in [0.1, 0.15) is 26.2 Å². The Kier molecular flexibility index (Phi) is 5.16. The van der Waals surface area contributed by atoms with Crippen LogP contribution in [0.5, 0.6) is 0 Å². The minimum atomic E-state index is -0.0301. The quantitative estimate of drug-likeness (QED) is 0.700. The number of rotatable bonds is 6. The van der Waals surface area contributed by atoms with Crippen molar-refractivity contribution < 1.29 is 4.79 Å². The standard InChI is InChI=1S/C21H25N5O/c1-15(8-12-26-10-2-3-11-26)21(27)23-20-14-19(24-25-20)17-6-7-18-16(13-17)5-4-9-22-18/h4-7,9,13-15H,2-3,8,10-12H2,1H3,(H2,23,24,25,27). The fourth-order valence-electron chi connectivity index (χ4n) is 3.54. The highest BCUT2D eigenvalue weighted by Crippen LogP contribution is 2.24. The van der Waals surface area contributed by atoms with E-state index in [1.807, 2.05) is 37.3 Å². The number of fused-ring (bicyclic) bond motifs is 1. The van der Waals surface area contributed by atoms with E-state index in [4.69, 9.17) is 0 Å². The molecule has 2 aromatic heterocycles. The molecular formula is C21H25N5O. The van der Waals surface area contributed by atoms with Gasteiger partial charge in [-0.1, -0.05) is 19.1 Å². The number of nitrogens with one attached hydrogen (secondary N) is 2. The van der Waals surface area contributed by atoms with Gasteiger partial charge >= 0.3 is 0 Å². The number of benzene rings is 1. The monoisotopic (exact) mass is 363 g/mol. The van der Waals surface area contributed by atoms with Crippen molar-refractivity contribution >= 4 is 22.6 Å². The fraction of sp³-hybridized carbons (Fsp3) is 0.381. The largest absolute Gasteiger partial charge is 0.309 e. The van der Waals surface area contributed by atoms with Gasteiger partial charge in [0, 0.05) is 29.1 Å². The predicted molar refractivity (Wildman–Crippen MR) is 107 cm³/mol. The van der Waals surface area contributed by atoms with Crippen molar-refractivity contribution in [2.75, 3.05) is 25.0 Å². The molecule has 1 atom stereocenters. The van der Waals surface area contributed by atoms with Crippen molar-refractivity contribution in [3.05, 3.63) is 42.6 Å². The summed E-state index contributed by atoms with van der Waals surface area (Å²) in [5.74, 6) is 0.557. The zero-order valence-corrected chi connectivity index (χ0v) is 15.6. The Bertz CT molecular complexity index is 929. The van der Waals surface area contributed by atoms with E-state index < -0.39 is 0 Å². The second kappa shape index (κ2) is 7.88. The smallest absolute Gasteiger partial charge is 0.228 e. The van der Waals surface area contributed by atoms with Crippen LogP contribution in [0.2, 0.25) is 0 Å². The third-order valence-electron chi connectivity index (χ3n) is 5.27. The van der Waals surface area contributed by atoms with Gasteiger partial charge < -0.3 is 10.2 Å². The first-order valence-electron chi connectivity index (χ1n) is 9.63. The summed E-state index contributed by atoms with van der Waals surface area (Å²) in [5, 5.41) is 11.3. The summed E-state index contributed by atoms with van der Waals surface area (Å²) in [6.45, 7) is 5.30. The third-order valence-corrected chi connectivity index (χ3v) is 5.27. The van der Waals surface area contributed by atoms with Crippen LogP contribution < -0.4 is 5.32 Å². The number of likely N-dealkylation sites (tertiary alicyclic amines) is 1. The molecule has 1 fully saturated rings. The first kappa shape index (κ1) is 17.7. The number of anilines is 1. The lowest BCUT2D eigenvalue weighted by atomic mass is 10.1. The van der Waals surface area contributed by atoms with Gasteiger partial charge in [0.05, 0.1) is 11.2 Å². The molecule has 1 amide bonds. The highest BCUT2D eigenvalue weighted by atomic mass is 16.1. The maximum Gasteiger partial charge on any atom is 0.228 e. The molecular weight excluding hydrogens is 338 g/mol. The van der Waals surface area contributed by atoms with Crippen LogP contribution in [0, 0.1) is 5.92 Å². The predicted octanol–water partition coefficient (Wildman–Crippen LogP) is 3.69. The topological polar surface area (TPSA) is 73.9 Å². The van der Waals surface area contributed by atoms with Crippen LogP contribution >= 0.6 is 0 Å². The lowest BCUT2D eigenvalue weighted by molar-refractivity contribution is -0.119. The maximum atomic E-state index is 12.4. The van der Waals surface area contributed by atoms with E-state index in [1.54, 1.807) is 6.20 Å². The van der Waals surface area contributed by atoms with E-state index in [1.165, 1.54) is 25.9 Å². The molecule has 3 heterocycles. The highest BCUT2D eigenvalue weighted by molar-refractivity contribution is 5.92. The number of aromatic nitrogens is 3. The maximum absolute atomic E-state index is 12.4. The minimum absolute atomic E-state index is 0.0231. The number of carbonyl (C=O) groups excluding carboxylic acids is 1. The molecule has 0 saturated carbocycles. The van der Waals surface area contributed by atoms with Crippen molar-refractivity contribution in [2.45, 2.75) is 26.2 Å². The van der Waals surface area contributed by atoms with Crippen LogP contribution in [0.4, 0.5) is 5.82 Å². The zero-order valence-electron chi connectivity index (χ0n) is 15.6.